The standard InChI is InChI=1S/C34H70Cl2Si/c1-3-5-7-9-11-13-15-17-19-21-23-25-27-29-31-33-37(35,36)34-32-30-28-26-24-22-20-18-16-14-12-10-8-6-4-2/h3-34H2,1-2H3. The van der Waals surface area contributed by atoms with Gasteiger partial charge < -0.3 is 0 Å². The van der Waals surface area contributed by atoms with E-state index in [0.29, 0.717) is 0 Å². The molecule has 0 saturated carbocycles. The molecule has 224 valence electrons. The van der Waals surface area contributed by atoms with Crippen molar-refractivity contribution < 1.29 is 0 Å². The van der Waals surface area contributed by atoms with Gasteiger partial charge in [-0.2, -0.15) is 0 Å². The van der Waals surface area contributed by atoms with Gasteiger partial charge in [0.1, 0.15) is 0 Å². The van der Waals surface area contributed by atoms with Crippen LogP contribution in [0.25, 0.3) is 0 Å². The molecule has 3 heteroatoms. The molecular weight excluding hydrogens is 507 g/mol. The summed E-state index contributed by atoms with van der Waals surface area (Å²) in [5, 5.41) is 0. The van der Waals surface area contributed by atoms with Gasteiger partial charge >= 0.3 is 0 Å². The van der Waals surface area contributed by atoms with Gasteiger partial charge in [-0.25, -0.2) is 0 Å². The number of rotatable bonds is 32. The van der Waals surface area contributed by atoms with Gasteiger partial charge in [0.25, 0.3) is 6.69 Å². The summed E-state index contributed by atoms with van der Waals surface area (Å²) in [6.45, 7) is 2.63. The highest BCUT2D eigenvalue weighted by atomic mass is 35.7. The minimum Gasteiger partial charge on any atom is -0.146 e. The quantitative estimate of drug-likeness (QED) is 0.0424. The van der Waals surface area contributed by atoms with Crippen molar-refractivity contribution in [3.05, 3.63) is 0 Å². The molecular formula is C34H70Cl2Si. The largest absolute Gasteiger partial charge is 0.251 e. The van der Waals surface area contributed by atoms with Gasteiger partial charge in [-0.1, -0.05) is 206 Å². The van der Waals surface area contributed by atoms with Gasteiger partial charge in [-0.05, 0) is 12.1 Å². The smallest absolute Gasteiger partial charge is 0.146 e. The second-order valence-corrected chi connectivity index (χ2v) is 19.9. The molecule has 0 amide bonds. The Bertz CT molecular complexity index is 377. The van der Waals surface area contributed by atoms with Gasteiger partial charge in [-0.15, -0.1) is 22.2 Å². The summed E-state index contributed by atoms with van der Waals surface area (Å²) in [6, 6.07) is 2.24. The van der Waals surface area contributed by atoms with Gasteiger partial charge in [0.15, 0.2) is 0 Å². The maximum Gasteiger partial charge on any atom is 0.251 e. The molecule has 0 N–H and O–H groups in total. The lowest BCUT2D eigenvalue weighted by atomic mass is 10.0. The fourth-order valence-electron chi connectivity index (χ4n) is 5.63. The highest BCUT2D eigenvalue weighted by Gasteiger charge is 2.26. The molecule has 0 heterocycles. The zero-order valence-electron chi connectivity index (χ0n) is 25.9. The molecule has 0 aliphatic heterocycles. The van der Waals surface area contributed by atoms with Crippen LogP contribution in [0.1, 0.15) is 206 Å². The molecule has 0 aromatic rings. The van der Waals surface area contributed by atoms with Crippen molar-refractivity contribution in [1.82, 2.24) is 0 Å². The first-order chi connectivity index (χ1) is 18.1. The highest BCUT2D eigenvalue weighted by molar-refractivity contribution is 7.45. The average molecular weight is 578 g/mol. The van der Waals surface area contributed by atoms with E-state index in [1.165, 1.54) is 193 Å². The molecule has 37 heavy (non-hydrogen) atoms. The van der Waals surface area contributed by atoms with E-state index in [1.807, 2.05) is 0 Å². The summed E-state index contributed by atoms with van der Waals surface area (Å²) < 4.78 is 0. The normalized spacial score (nSPS) is 12.0. The predicted molar refractivity (Wildman–Crippen MR) is 177 cm³/mol. The highest BCUT2D eigenvalue weighted by Crippen LogP contribution is 2.31. The van der Waals surface area contributed by atoms with E-state index in [0.717, 1.165) is 12.1 Å². The zero-order chi connectivity index (χ0) is 27.1. The number of hydrogen-bond donors (Lipinski definition) is 0. The van der Waals surface area contributed by atoms with Crippen LogP contribution in [0.2, 0.25) is 12.1 Å². The molecule has 0 spiro atoms. The van der Waals surface area contributed by atoms with E-state index in [2.05, 4.69) is 13.8 Å². The second-order valence-electron chi connectivity index (χ2n) is 12.3. The molecule has 0 nitrogen and oxygen atoms in total. The first-order valence-electron chi connectivity index (χ1n) is 17.5. The van der Waals surface area contributed by atoms with E-state index in [9.17, 15) is 0 Å². The number of unbranched alkanes of at least 4 members (excludes halogenated alkanes) is 28. The van der Waals surface area contributed by atoms with Crippen LogP contribution < -0.4 is 0 Å². The fourth-order valence-corrected chi connectivity index (χ4v) is 9.02. The average Bonchev–Trinajstić information content (AvgIpc) is 2.88. The van der Waals surface area contributed by atoms with Crippen LogP contribution in [0.5, 0.6) is 0 Å². The second kappa shape index (κ2) is 31.3. The van der Waals surface area contributed by atoms with Crippen molar-refractivity contribution in [2.45, 2.75) is 219 Å². The summed E-state index contributed by atoms with van der Waals surface area (Å²) >= 11 is 13.5. The van der Waals surface area contributed by atoms with Crippen LogP contribution in [0.4, 0.5) is 0 Å². The summed E-state index contributed by atoms with van der Waals surface area (Å²) in [7, 11) is 0. The van der Waals surface area contributed by atoms with Gasteiger partial charge in [0.2, 0.25) is 0 Å². The van der Waals surface area contributed by atoms with E-state index in [-0.39, 0.29) is 0 Å². The molecule has 0 fully saturated rings. The van der Waals surface area contributed by atoms with Crippen LogP contribution in [-0.2, 0) is 0 Å². The number of hydrogen-bond acceptors (Lipinski definition) is 0. The van der Waals surface area contributed by atoms with E-state index >= 15 is 0 Å². The van der Waals surface area contributed by atoms with Crippen molar-refractivity contribution in [1.29, 1.82) is 0 Å². The van der Waals surface area contributed by atoms with Crippen LogP contribution in [0, 0.1) is 0 Å². The van der Waals surface area contributed by atoms with Crippen LogP contribution in [0.3, 0.4) is 0 Å². The van der Waals surface area contributed by atoms with Crippen molar-refractivity contribution in [2.75, 3.05) is 0 Å². The van der Waals surface area contributed by atoms with Crippen molar-refractivity contribution >= 4 is 28.9 Å². The molecule has 0 rings (SSSR count). The molecule has 0 aromatic heterocycles. The third kappa shape index (κ3) is 32.9. The lowest BCUT2D eigenvalue weighted by molar-refractivity contribution is 0.533. The third-order valence-electron chi connectivity index (χ3n) is 8.29. The molecule has 0 aromatic carbocycles. The molecule has 0 aliphatic carbocycles. The Hall–Kier alpha value is 0.797. The molecule has 0 bridgehead atoms. The minimum atomic E-state index is -1.97. The third-order valence-corrected chi connectivity index (χ3v) is 12.7. The van der Waals surface area contributed by atoms with Crippen molar-refractivity contribution in [3.63, 3.8) is 0 Å². The summed E-state index contributed by atoms with van der Waals surface area (Å²) in [5.74, 6) is 0. The first kappa shape index (κ1) is 37.8. The van der Waals surface area contributed by atoms with Gasteiger partial charge in [0, 0.05) is 0 Å². The van der Waals surface area contributed by atoms with Gasteiger partial charge in [-0.3, -0.25) is 0 Å². The monoisotopic (exact) mass is 576 g/mol. The first-order valence-corrected chi connectivity index (χ1v) is 21.9. The molecule has 0 saturated heterocycles. The zero-order valence-corrected chi connectivity index (χ0v) is 28.4. The molecule has 0 aliphatic rings. The minimum absolute atomic E-state index is 1.12. The van der Waals surface area contributed by atoms with E-state index in [4.69, 9.17) is 22.2 Å². The van der Waals surface area contributed by atoms with Crippen LogP contribution in [0.15, 0.2) is 0 Å². The summed E-state index contributed by atoms with van der Waals surface area (Å²) in [4.78, 5) is 0. The SMILES string of the molecule is CCCCCCCCCCCCCCCCC[Si](Cl)(Cl)CCCCCCCCCCCCCCCCC. The van der Waals surface area contributed by atoms with Crippen LogP contribution in [-0.4, -0.2) is 6.69 Å². The van der Waals surface area contributed by atoms with E-state index in [1.54, 1.807) is 0 Å². The van der Waals surface area contributed by atoms with E-state index < -0.39 is 6.69 Å². The maximum absolute atomic E-state index is 6.76. The van der Waals surface area contributed by atoms with Gasteiger partial charge in [0.05, 0.1) is 0 Å². The Kier molecular flexibility index (Phi) is 32.0. The van der Waals surface area contributed by atoms with Crippen LogP contribution >= 0.6 is 22.2 Å². The maximum atomic E-state index is 6.76. The Morgan fingerprint density at radius 2 is 0.432 bits per heavy atom. The Labute approximate surface area is 246 Å². The molecule has 0 unspecified atom stereocenters. The number of halogens is 2. The molecule has 0 radical (unpaired) electrons. The predicted octanol–water partition coefficient (Wildman–Crippen LogP) is 14.6. The summed E-state index contributed by atoms with van der Waals surface area (Å²) in [6.07, 6.45) is 42.5. The van der Waals surface area contributed by atoms with Crippen molar-refractivity contribution in [2.24, 2.45) is 0 Å². The topological polar surface area (TPSA) is 0 Å². The van der Waals surface area contributed by atoms with Crippen molar-refractivity contribution in [3.8, 4) is 0 Å². The summed E-state index contributed by atoms with van der Waals surface area (Å²) in [5.41, 5.74) is 0. The Morgan fingerprint density at radius 1 is 0.270 bits per heavy atom. The Morgan fingerprint density at radius 3 is 0.622 bits per heavy atom. The molecule has 0 atom stereocenters. The lowest BCUT2D eigenvalue weighted by Gasteiger charge is -2.16. The fraction of sp³-hybridized carbons (Fsp3) is 1.00. The lowest BCUT2D eigenvalue weighted by Crippen LogP contribution is -2.18. The Balaban J connectivity index is 3.27.